The molecule has 3 heterocycles. The molecule has 1 fully saturated rings. The smallest absolute Gasteiger partial charge is 0.149 e. The zero-order valence-corrected chi connectivity index (χ0v) is 13.0. The first-order chi connectivity index (χ1) is 9.65. The molecule has 1 aromatic heterocycles. The Kier molecular flexibility index (Phi) is 4.08. The minimum Gasteiger partial charge on any atom is -0.314 e. The molecule has 3 rings (SSSR count). The van der Waals surface area contributed by atoms with Crippen molar-refractivity contribution in [3.63, 3.8) is 0 Å². The lowest BCUT2D eigenvalue weighted by Crippen LogP contribution is -2.45. The molecule has 0 aromatic carbocycles. The molecule has 0 saturated carbocycles. The molecule has 1 N–H and O–H groups in total. The summed E-state index contributed by atoms with van der Waals surface area (Å²) in [4.78, 5) is 2.57. The van der Waals surface area contributed by atoms with Gasteiger partial charge in [-0.05, 0) is 53.1 Å². The number of piperidine rings is 1. The van der Waals surface area contributed by atoms with Crippen molar-refractivity contribution in [3.8, 4) is 0 Å². The Morgan fingerprint density at radius 2 is 1.85 bits per heavy atom. The van der Waals surface area contributed by atoms with E-state index < -0.39 is 0 Å². The Morgan fingerprint density at radius 3 is 2.55 bits per heavy atom. The van der Waals surface area contributed by atoms with Crippen molar-refractivity contribution in [1.29, 1.82) is 0 Å². The van der Waals surface area contributed by atoms with Crippen LogP contribution in [0.2, 0.25) is 0 Å². The number of nitrogens with one attached hydrogen (secondary N) is 1. The van der Waals surface area contributed by atoms with Gasteiger partial charge in [0.15, 0.2) is 0 Å². The third-order valence-electron chi connectivity index (χ3n) is 4.77. The van der Waals surface area contributed by atoms with Gasteiger partial charge in [-0.3, -0.25) is 0 Å². The molecule has 2 aliphatic rings. The number of likely N-dealkylation sites (tertiary alicyclic amines) is 1. The van der Waals surface area contributed by atoms with Crippen LogP contribution in [0.1, 0.15) is 57.7 Å². The molecule has 0 radical (unpaired) electrons. The van der Waals surface area contributed by atoms with Crippen molar-refractivity contribution in [3.05, 3.63) is 11.6 Å². The molecule has 20 heavy (non-hydrogen) atoms. The lowest BCUT2D eigenvalue weighted by atomic mass is 10.0. The number of hydrogen-bond acceptors (Lipinski definition) is 4. The topological polar surface area (TPSA) is 46.0 Å². The summed E-state index contributed by atoms with van der Waals surface area (Å²) < 4.78 is 2.31. The molecule has 5 nitrogen and oxygen atoms in total. The molecule has 1 saturated heterocycles. The second-order valence-corrected chi connectivity index (χ2v) is 6.52. The first-order valence-electron chi connectivity index (χ1n) is 8.07. The van der Waals surface area contributed by atoms with Gasteiger partial charge in [0.2, 0.25) is 0 Å². The van der Waals surface area contributed by atoms with Gasteiger partial charge in [-0.15, -0.1) is 10.2 Å². The highest BCUT2D eigenvalue weighted by Gasteiger charge is 2.25. The van der Waals surface area contributed by atoms with E-state index in [-0.39, 0.29) is 0 Å². The minimum absolute atomic E-state index is 0.310. The fourth-order valence-corrected chi connectivity index (χ4v) is 3.50. The van der Waals surface area contributed by atoms with Crippen molar-refractivity contribution >= 4 is 0 Å². The second kappa shape index (κ2) is 5.82. The van der Waals surface area contributed by atoms with Crippen LogP contribution in [0.15, 0.2) is 0 Å². The molecular formula is C15H27N5. The number of hydrogen-bond donors (Lipinski definition) is 1. The normalized spacial score (nSPS) is 22.4. The largest absolute Gasteiger partial charge is 0.314 e. The molecule has 0 spiro atoms. The predicted octanol–water partition coefficient (Wildman–Crippen LogP) is 1.75. The number of aryl methyl sites for hydroxylation is 1. The maximum Gasteiger partial charge on any atom is 0.149 e. The van der Waals surface area contributed by atoms with E-state index in [1.807, 2.05) is 0 Å². The van der Waals surface area contributed by atoms with Crippen LogP contribution in [0.25, 0.3) is 0 Å². The predicted molar refractivity (Wildman–Crippen MR) is 79.6 cm³/mol. The van der Waals surface area contributed by atoms with E-state index in [0.29, 0.717) is 18.1 Å². The van der Waals surface area contributed by atoms with E-state index in [2.05, 4.69) is 45.8 Å². The Labute approximate surface area is 121 Å². The van der Waals surface area contributed by atoms with Gasteiger partial charge >= 0.3 is 0 Å². The maximum atomic E-state index is 4.39. The lowest BCUT2D eigenvalue weighted by Gasteiger charge is -2.36. The van der Waals surface area contributed by atoms with Crippen LogP contribution >= 0.6 is 0 Å². The third-order valence-corrected chi connectivity index (χ3v) is 4.77. The first-order valence-corrected chi connectivity index (χ1v) is 8.07. The highest BCUT2D eigenvalue weighted by molar-refractivity contribution is 5.04. The SMILES string of the molecule is CC(NC1CCN(C(C)C)CC1)c1nnc2n1CCC2. The van der Waals surface area contributed by atoms with Crippen LogP contribution in [0.3, 0.4) is 0 Å². The van der Waals surface area contributed by atoms with E-state index in [4.69, 9.17) is 0 Å². The van der Waals surface area contributed by atoms with Gasteiger partial charge in [-0.25, -0.2) is 0 Å². The number of fused-ring (bicyclic) bond motifs is 1. The van der Waals surface area contributed by atoms with E-state index in [0.717, 1.165) is 18.8 Å². The van der Waals surface area contributed by atoms with Crippen LogP contribution < -0.4 is 5.32 Å². The fraction of sp³-hybridized carbons (Fsp3) is 0.867. The van der Waals surface area contributed by atoms with E-state index in [1.165, 1.54) is 38.2 Å². The molecule has 1 unspecified atom stereocenters. The summed E-state index contributed by atoms with van der Waals surface area (Å²) in [7, 11) is 0. The van der Waals surface area contributed by atoms with Gasteiger partial charge in [0.1, 0.15) is 11.6 Å². The van der Waals surface area contributed by atoms with Gasteiger partial charge in [0.25, 0.3) is 0 Å². The molecule has 1 atom stereocenters. The first kappa shape index (κ1) is 14.0. The molecule has 0 amide bonds. The molecule has 1 aromatic rings. The van der Waals surface area contributed by atoms with Crippen molar-refractivity contribution in [2.24, 2.45) is 0 Å². The maximum absolute atomic E-state index is 4.39. The van der Waals surface area contributed by atoms with Crippen molar-refractivity contribution < 1.29 is 0 Å². The molecule has 5 heteroatoms. The highest BCUT2D eigenvalue weighted by atomic mass is 15.3. The standard InChI is InChI=1S/C15H27N5/c1-11(2)19-9-6-13(7-10-19)16-12(3)15-18-17-14-5-4-8-20(14)15/h11-13,16H,4-10H2,1-3H3. The van der Waals surface area contributed by atoms with Crippen LogP contribution in [0.4, 0.5) is 0 Å². The summed E-state index contributed by atoms with van der Waals surface area (Å²) in [6, 6.07) is 1.60. The van der Waals surface area contributed by atoms with E-state index >= 15 is 0 Å². The Bertz CT molecular complexity index is 445. The highest BCUT2D eigenvalue weighted by Crippen LogP contribution is 2.21. The Hall–Kier alpha value is -0.940. The van der Waals surface area contributed by atoms with Crippen LogP contribution in [-0.4, -0.2) is 44.8 Å². The van der Waals surface area contributed by atoms with Crippen molar-refractivity contribution in [2.75, 3.05) is 13.1 Å². The van der Waals surface area contributed by atoms with E-state index in [9.17, 15) is 0 Å². The zero-order chi connectivity index (χ0) is 14.1. The molecule has 0 bridgehead atoms. The zero-order valence-electron chi connectivity index (χ0n) is 13.0. The number of aromatic nitrogens is 3. The van der Waals surface area contributed by atoms with Crippen LogP contribution in [0.5, 0.6) is 0 Å². The van der Waals surface area contributed by atoms with Crippen LogP contribution in [-0.2, 0) is 13.0 Å². The lowest BCUT2D eigenvalue weighted by molar-refractivity contribution is 0.156. The summed E-state index contributed by atoms with van der Waals surface area (Å²) in [5.74, 6) is 2.30. The number of nitrogens with zero attached hydrogens (tertiary/aromatic N) is 4. The molecule has 112 valence electrons. The Balaban J connectivity index is 1.56. The van der Waals surface area contributed by atoms with Gasteiger partial charge in [0.05, 0.1) is 6.04 Å². The Morgan fingerprint density at radius 1 is 1.10 bits per heavy atom. The molecular weight excluding hydrogens is 250 g/mol. The average molecular weight is 277 g/mol. The van der Waals surface area contributed by atoms with Crippen molar-refractivity contribution in [1.82, 2.24) is 25.0 Å². The van der Waals surface area contributed by atoms with Crippen molar-refractivity contribution in [2.45, 2.75) is 71.1 Å². The molecule has 2 aliphatic heterocycles. The quantitative estimate of drug-likeness (QED) is 0.911. The monoisotopic (exact) mass is 277 g/mol. The summed E-state index contributed by atoms with van der Waals surface area (Å²) in [6.07, 6.45) is 4.79. The third kappa shape index (κ3) is 2.74. The van der Waals surface area contributed by atoms with Crippen LogP contribution in [0, 0.1) is 0 Å². The van der Waals surface area contributed by atoms with Gasteiger partial charge in [0, 0.05) is 25.0 Å². The number of rotatable bonds is 4. The summed E-state index contributed by atoms with van der Waals surface area (Å²) in [6.45, 7) is 10.3. The van der Waals surface area contributed by atoms with Gasteiger partial charge < -0.3 is 14.8 Å². The minimum atomic E-state index is 0.310. The summed E-state index contributed by atoms with van der Waals surface area (Å²) >= 11 is 0. The van der Waals surface area contributed by atoms with Gasteiger partial charge in [-0.2, -0.15) is 0 Å². The van der Waals surface area contributed by atoms with E-state index in [1.54, 1.807) is 0 Å². The fourth-order valence-electron chi connectivity index (χ4n) is 3.50. The second-order valence-electron chi connectivity index (χ2n) is 6.52. The van der Waals surface area contributed by atoms with Gasteiger partial charge in [-0.1, -0.05) is 0 Å². The molecule has 0 aliphatic carbocycles. The average Bonchev–Trinajstić information content (AvgIpc) is 3.01. The summed E-state index contributed by atoms with van der Waals surface area (Å²) in [5, 5.41) is 12.5. The summed E-state index contributed by atoms with van der Waals surface area (Å²) in [5.41, 5.74) is 0.